The van der Waals surface area contributed by atoms with Crippen molar-refractivity contribution in [2.45, 2.75) is 45.2 Å². The standard InChI is InChI=1S/C13H24N4/c1-10-6-4-5-7-17(10)13(8-14)12-9-16(3)15-11(12)2/h9-10,13H,4-8,14H2,1-3H3. The van der Waals surface area contributed by atoms with Gasteiger partial charge in [0.05, 0.1) is 11.7 Å². The lowest BCUT2D eigenvalue weighted by molar-refractivity contribution is 0.108. The molecule has 1 aromatic rings. The molecule has 0 radical (unpaired) electrons. The van der Waals surface area contributed by atoms with Gasteiger partial charge >= 0.3 is 0 Å². The van der Waals surface area contributed by atoms with E-state index in [0.29, 0.717) is 18.6 Å². The van der Waals surface area contributed by atoms with Crippen LogP contribution in [0.25, 0.3) is 0 Å². The van der Waals surface area contributed by atoms with E-state index in [2.05, 4.69) is 30.0 Å². The number of aromatic nitrogens is 2. The minimum absolute atomic E-state index is 0.332. The Hall–Kier alpha value is -0.870. The average molecular weight is 236 g/mol. The predicted octanol–water partition coefficient (Wildman–Crippen LogP) is 1.60. The van der Waals surface area contributed by atoms with E-state index in [0.717, 1.165) is 12.2 Å². The van der Waals surface area contributed by atoms with E-state index in [1.165, 1.54) is 24.8 Å². The topological polar surface area (TPSA) is 47.1 Å². The molecule has 0 aromatic carbocycles. The van der Waals surface area contributed by atoms with Gasteiger partial charge in [0, 0.05) is 31.4 Å². The van der Waals surface area contributed by atoms with Crippen molar-refractivity contribution in [3.05, 3.63) is 17.5 Å². The largest absolute Gasteiger partial charge is 0.329 e. The fourth-order valence-corrected chi connectivity index (χ4v) is 2.97. The Bertz CT molecular complexity index is 371. The summed E-state index contributed by atoms with van der Waals surface area (Å²) in [4.78, 5) is 2.55. The fraction of sp³-hybridized carbons (Fsp3) is 0.769. The first-order valence-corrected chi connectivity index (χ1v) is 6.59. The fourth-order valence-electron chi connectivity index (χ4n) is 2.97. The highest BCUT2D eigenvalue weighted by Crippen LogP contribution is 2.29. The van der Waals surface area contributed by atoms with Gasteiger partial charge in [0.15, 0.2) is 0 Å². The summed E-state index contributed by atoms with van der Waals surface area (Å²) in [6.07, 6.45) is 6.05. The van der Waals surface area contributed by atoms with Crippen LogP contribution >= 0.6 is 0 Å². The molecule has 0 amide bonds. The summed E-state index contributed by atoms with van der Waals surface area (Å²) >= 11 is 0. The SMILES string of the molecule is Cc1nn(C)cc1C(CN)N1CCCCC1C. The highest BCUT2D eigenvalue weighted by atomic mass is 15.3. The van der Waals surface area contributed by atoms with Gasteiger partial charge in [0.2, 0.25) is 0 Å². The van der Waals surface area contributed by atoms with E-state index >= 15 is 0 Å². The molecule has 2 N–H and O–H groups in total. The zero-order valence-corrected chi connectivity index (χ0v) is 11.2. The Kier molecular flexibility index (Phi) is 3.84. The van der Waals surface area contributed by atoms with E-state index in [9.17, 15) is 0 Å². The number of hydrogen-bond acceptors (Lipinski definition) is 3. The minimum Gasteiger partial charge on any atom is -0.329 e. The predicted molar refractivity (Wildman–Crippen MR) is 69.8 cm³/mol. The number of nitrogens with two attached hydrogens (primary N) is 1. The second kappa shape index (κ2) is 5.19. The molecule has 17 heavy (non-hydrogen) atoms. The number of likely N-dealkylation sites (tertiary alicyclic amines) is 1. The van der Waals surface area contributed by atoms with Crippen LogP contribution in [0, 0.1) is 6.92 Å². The number of aryl methyl sites for hydroxylation is 2. The minimum atomic E-state index is 0.332. The maximum atomic E-state index is 6.00. The molecule has 0 bridgehead atoms. The van der Waals surface area contributed by atoms with Crippen molar-refractivity contribution in [3.63, 3.8) is 0 Å². The first kappa shape index (κ1) is 12.6. The smallest absolute Gasteiger partial charge is 0.0641 e. The van der Waals surface area contributed by atoms with Crippen LogP contribution in [0.5, 0.6) is 0 Å². The second-order valence-electron chi connectivity index (χ2n) is 5.18. The van der Waals surface area contributed by atoms with Gasteiger partial charge in [-0.2, -0.15) is 5.10 Å². The molecule has 1 fully saturated rings. The molecule has 1 aliphatic heterocycles. The van der Waals surface area contributed by atoms with Gasteiger partial charge in [0.1, 0.15) is 0 Å². The number of nitrogens with zero attached hydrogens (tertiary/aromatic N) is 3. The molecule has 2 heterocycles. The zero-order valence-electron chi connectivity index (χ0n) is 11.2. The van der Waals surface area contributed by atoms with Gasteiger partial charge in [-0.1, -0.05) is 6.42 Å². The van der Waals surface area contributed by atoms with Gasteiger partial charge in [-0.05, 0) is 33.2 Å². The lowest BCUT2D eigenvalue weighted by Crippen LogP contribution is -2.43. The first-order chi connectivity index (χ1) is 8.13. The maximum Gasteiger partial charge on any atom is 0.0641 e. The zero-order chi connectivity index (χ0) is 12.4. The van der Waals surface area contributed by atoms with E-state index in [4.69, 9.17) is 5.73 Å². The summed E-state index contributed by atoms with van der Waals surface area (Å²) in [5, 5.41) is 4.43. The van der Waals surface area contributed by atoms with Crippen molar-refractivity contribution >= 4 is 0 Å². The normalized spacial score (nSPS) is 23.9. The van der Waals surface area contributed by atoms with Crippen molar-refractivity contribution < 1.29 is 0 Å². The molecule has 0 saturated carbocycles. The van der Waals surface area contributed by atoms with E-state index in [1.54, 1.807) is 0 Å². The van der Waals surface area contributed by atoms with Crippen molar-refractivity contribution in [1.29, 1.82) is 0 Å². The quantitative estimate of drug-likeness (QED) is 0.867. The maximum absolute atomic E-state index is 6.00. The Morgan fingerprint density at radius 2 is 2.29 bits per heavy atom. The molecule has 0 spiro atoms. The van der Waals surface area contributed by atoms with E-state index < -0.39 is 0 Å². The second-order valence-corrected chi connectivity index (χ2v) is 5.18. The van der Waals surface area contributed by atoms with Crippen molar-refractivity contribution in [3.8, 4) is 0 Å². The molecule has 1 aliphatic rings. The molecule has 2 unspecified atom stereocenters. The molecule has 1 aromatic heterocycles. The Labute approximate surface area is 104 Å². The summed E-state index contributed by atoms with van der Waals surface area (Å²) in [7, 11) is 1.98. The Balaban J connectivity index is 2.23. The van der Waals surface area contributed by atoms with Crippen LogP contribution in [-0.4, -0.2) is 33.8 Å². The summed E-state index contributed by atoms with van der Waals surface area (Å²) < 4.78 is 1.89. The first-order valence-electron chi connectivity index (χ1n) is 6.59. The monoisotopic (exact) mass is 236 g/mol. The van der Waals surface area contributed by atoms with Crippen molar-refractivity contribution in [2.75, 3.05) is 13.1 Å². The van der Waals surface area contributed by atoms with Crippen LogP contribution in [0.1, 0.15) is 43.5 Å². The van der Waals surface area contributed by atoms with Gasteiger partial charge in [-0.25, -0.2) is 0 Å². The van der Waals surface area contributed by atoms with Crippen LogP contribution in [0.4, 0.5) is 0 Å². The van der Waals surface area contributed by atoms with E-state index in [1.807, 2.05) is 11.7 Å². The van der Waals surface area contributed by atoms with Gasteiger partial charge in [-0.3, -0.25) is 9.58 Å². The molecule has 2 atom stereocenters. The molecule has 4 heteroatoms. The summed E-state index contributed by atoms with van der Waals surface area (Å²) in [5.74, 6) is 0. The third-order valence-corrected chi connectivity index (χ3v) is 3.89. The number of rotatable bonds is 3. The molecule has 96 valence electrons. The number of hydrogen-bond donors (Lipinski definition) is 1. The Morgan fingerprint density at radius 3 is 2.82 bits per heavy atom. The third kappa shape index (κ3) is 2.53. The van der Waals surface area contributed by atoms with Gasteiger partial charge < -0.3 is 5.73 Å². The highest BCUT2D eigenvalue weighted by molar-refractivity contribution is 5.21. The third-order valence-electron chi connectivity index (χ3n) is 3.89. The summed E-state index contributed by atoms with van der Waals surface area (Å²) in [6, 6.07) is 0.968. The molecular formula is C13H24N4. The van der Waals surface area contributed by atoms with Crippen LogP contribution < -0.4 is 5.73 Å². The van der Waals surface area contributed by atoms with Gasteiger partial charge in [0.25, 0.3) is 0 Å². The van der Waals surface area contributed by atoms with Crippen LogP contribution in [0.15, 0.2) is 6.20 Å². The number of piperidine rings is 1. The van der Waals surface area contributed by atoms with Gasteiger partial charge in [-0.15, -0.1) is 0 Å². The van der Waals surface area contributed by atoms with E-state index in [-0.39, 0.29) is 0 Å². The molecular weight excluding hydrogens is 212 g/mol. The van der Waals surface area contributed by atoms with Crippen molar-refractivity contribution in [2.24, 2.45) is 12.8 Å². The highest BCUT2D eigenvalue weighted by Gasteiger charge is 2.28. The molecule has 4 nitrogen and oxygen atoms in total. The Morgan fingerprint density at radius 1 is 1.53 bits per heavy atom. The summed E-state index contributed by atoms with van der Waals surface area (Å²) in [6.45, 7) is 6.23. The lowest BCUT2D eigenvalue weighted by atomic mass is 9.97. The average Bonchev–Trinajstić information content (AvgIpc) is 2.62. The van der Waals surface area contributed by atoms with Crippen molar-refractivity contribution in [1.82, 2.24) is 14.7 Å². The lowest BCUT2D eigenvalue weighted by Gasteiger charge is -2.39. The molecule has 0 aliphatic carbocycles. The molecule has 2 rings (SSSR count). The molecule has 1 saturated heterocycles. The van der Waals surface area contributed by atoms with Crippen LogP contribution in [-0.2, 0) is 7.05 Å². The van der Waals surface area contributed by atoms with Crippen LogP contribution in [0.3, 0.4) is 0 Å². The summed E-state index contributed by atoms with van der Waals surface area (Å²) in [5.41, 5.74) is 8.40. The van der Waals surface area contributed by atoms with Crippen LogP contribution in [0.2, 0.25) is 0 Å².